The van der Waals surface area contributed by atoms with Crippen molar-refractivity contribution in [1.29, 1.82) is 0 Å². The van der Waals surface area contributed by atoms with Gasteiger partial charge in [-0.2, -0.15) is 0 Å². The van der Waals surface area contributed by atoms with E-state index in [9.17, 15) is 0 Å². The summed E-state index contributed by atoms with van der Waals surface area (Å²) in [4.78, 5) is 4.50. The largest absolute Gasteiger partial charge is 0.397 e. The first-order valence-electron chi connectivity index (χ1n) is 6.49. The molecular weight excluding hydrogens is 210 g/mol. The van der Waals surface area contributed by atoms with Crippen LogP contribution in [0.5, 0.6) is 0 Å². The second-order valence-electron chi connectivity index (χ2n) is 5.80. The summed E-state index contributed by atoms with van der Waals surface area (Å²) < 4.78 is 0. The molecule has 0 bridgehead atoms. The number of aryl methyl sites for hydroxylation is 1. The first-order valence-corrected chi connectivity index (χ1v) is 6.49. The van der Waals surface area contributed by atoms with Crippen LogP contribution in [0.15, 0.2) is 12.1 Å². The second kappa shape index (κ2) is 4.55. The molecule has 1 fully saturated rings. The molecule has 0 amide bonds. The molecule has 1 atom stereocenters. The van der Waals surface area contributed by atoms with Gasteiger partial charge in [0.1, 0.15) is 5.82 Å². The summed E-state index contributed by atoms with van der Waals surface area (Å²) in [6.45, 7) is 6.63. The van der Waals surface area contributed by atoms with E-state index in [1.165, 1.54) is 25.7 Å². The van der Waals surface area contributed by atoms with Crippen molar-refractivity contribution in [2.45, 2.75) is 52.5 Å². The first-order chi connectivity index (χ1) is 7.99. The summed E-state index contributed by atoms with van der Waals surface area (Å²) in [6.07, 6.45) is 5.19. The number of aromatic nitrogens is 1. The van der Waals surface area contributed by atoms with Crippen molar-refractivity contribution in [3.8, 4) is 0 Å². The van der Waals surface area contributed by atoms with E-state index >= 15 is 0 Å². The SMILES string of the molecule is Cc1nc(NC2CCCCC2(C)C)ccc1N. The van der Waals surface area contributed by atoms with Gasteiger partial charge in [-0.1, -0.05) is 26.7 Å². The lowest BCUT2D eigenvalue weighted by molar-refractivity contribution is 0.216. The highest BCUT2D eigenvalue weighted by atomic mass is 15.0. The van der Waals surface area contributed by atoms with Crippen LogP contribution in [-0.4, -0.2) is 11.0 Å². The Bertz CT molecular complexity index is 398. The predicted octanol–water partition coefficient (Wildman–Crippen LogP) is 3.35. The minimum Gasteiger partial charge on any atom is -0.397 e. The van der Waals surface area contributed by atoms with Gasteiger partial charge in [-0.25, -0.2) is 4.98 Å². The second-order valence-corrected chi connectivity index (χ2v) is 5.80. The van der Waals surface area contributed by atoms with Gasteiger partial charge in [0.15, 0.2) is 0 Å². The van der Waals surface area contributed by atoms with Gasteiger partial charge in [0.25, 0.3) is 0 Å². The summed E-state index contributed by atoms with van der Waals surface area (Å²) >= 11 is 0. The minimum atomic E-state index is 0.356. The molecule has 3 heteroatoms. The molecule has 0 radical (unpaired) electrons. The molecule has 1 aromatic rings. The Kier molecular flexibility index (Phi) is 3.27. The summed E-state index contributed by atoms with van der Waals surface area (Å²) in [7, 11) is 0. The number of hydrogen-bond donors (Lipinski definition) is 2. The number of anilines is 2. The van der Waals surface area contributed by atoms with Crippen LogP contribution in [0.25, 0.3) is 0 Å². The molecule has 1 saturated carbocycles. The maximum atomic E-state index is 5.78. The zero-order valence-electron chi connectivity index (χ0n) is 11.1. The highest BCUT2D eigenvalue weighted by molar-refractivity contribution is 5.49. The van der Waals surface area contributed by atoms with E-state index in [1.54, 1.807) is 0 Å². The van der Waals surface area contributed by atoms with Crippen LogP contribution < -0.4 is 11.1 Å². The molecule has 1 aromatic heterocycles. The van der Waals surface area contributed by atoms with E-state index in [1.807, 2.05) is 19.1 Å². The Hall–Kier alpha value is -1.25. The molecule has 3 N–H and O–H groups in total. The Morgan fingerprint density at radius 3 is 2.76 bits per heavy atom. The highest BCUT2D eigenvalue weighted by Gasteiger charge is 2.32. The van der Waals surface area contributed by atoms with Crippen molar-refractivity contribution in [2.24, 2.45) is 5.41 Å². The molecule has 1 aliphatic rings. The summed E-state index contributed by atoms with van der Waals surface area (Å²) in [5.41, 5.74) is 7.81. The average Bonchev–Trinajstić information content (AvgIpc) is 2.26. The fourth-order valence-corrected chi connectivity index (χ4v) is 2.59. The number of nitrogens with two attached hydrogens (primary N) is 1. The predicted molar refractivity (Wildman–Crippen MR) is 73.0 cm³/mol. The van der Waals surface area contributed by atoms with Crippen LogP contribution in [0.4, 0.5) is 11.5 Å². The smallest absolute Gasteiger partial charge is 0.126 e. The fourth-order valence-electron chi connectivity index (χ4n) is 2.59. The molecular formula is C14H23N3. The normalized spacial score (nSPS) is 23.4. The number of nitrogen functional groups attached to an aromatic ring is 1. The lowest BCUT2D eigenvalue weighted by Crippen LogP contribution is -2.39. The van der Waals surface area contributed by atoms with E-state index in [-0.39, 0.29) is 0 Å². The van der Waals surface area contributed by atoms with Gasteiger partial charge in [-0.3, -0.25) is 0 Å². The van der Waals surface area contributed by atoms with E-state index in [4.69, 9.17) is 5.73 Å². The molecule has 0 aliphatic heterocycles. The molecule has 2 rings (SSSR count). The first kappa shape index (κ1) is 12.2. The Balaban J connectivity index is 2.11. The van der Waals surface area contributed by atoms with Gasteiger partial charge in [-0.15, -0.1) is 0 Å². The zero-order valence-corrected chi connectivity index (χ0v) is 11.1. The van der Waals surface area contributed by atoms with E-state index in [0.717, 1.165) is 17.2 Å². The van der Waals surface area contributed by atoms with Crippen LogP contribution >= 0.6 is 0 Å². The Labute approximate surface area is 104 Å². The van der Waals surface area contributed by atoms with Gasteiger partial charge in [0.2, 0.25) is 0 Å². The number of nitrogens with one attached hydrogen (secondary N) is 1. The molecule has 17 heavy (non-hydrogen) atoms. The lowest BCUT2D eigenvalue weighted by Gasteiger charge is -2.39. The summed E-state index contributed by atoms with van der Waals surface area (Å²) in [6, 6.07) is 4.43. The average molecular weight is 233 g/mol. The van der Waals surface area contributed by atoms with E-state index in [0.29, 0.717) is 11.5 Å². The van der Waals surface area contributed by atoms with Crippen LogP contribution in [-0.2, 0) is 0 Å². The standard InChI is InChI=1S/C14H23N3/c1-10-11(15)7-8-13(16-10)17-12-6-4-5-9-14(12,2)3/h7-8,12H,4-6,9,15H2,1-3H3,(H,16,17). The molecule has 0 spiro atoms. The number of nitrogens with zero attached hydrogens (tertiary/aromatic N) is 1. The maximum Gasteiger partial charge on any atom is 0.126 e. The monoisotopic (exact) mass is 233 g/mol. The Morgan fingerprint density at radius 1 is 1.35 bits per heavy atom. The van der Waals surface area contributed by atoms with Crippen LogP contribution in [0.1, 0.15) is 45.2 Å². The van der Waals surface area contributed by atoms with E-state index < -0.39 is 0 Å². The highest BCUT2D eigenvalue weighted by Crippen LogP contribution is 2.37. The van der Waals surface area contributed by atoms with E-state index in [2.05, 4.69) is 24.1 Å². The third-order valence-electron chi connectivity index (χ3n) is 3.96. The van der Waals surface area contributed by atoms with Gasteiger partial charge >= 0.3 is 0 Å². The van der Waals surface area contributed by atoms with Gasteiger partial charge in [0.05, 0.1) is 11.4 Å². The fraction of sp³-hybridized carbons (Fsp3) is 0.643. The molecule has 1 aliphatic carbocycles. The topological polar surface area (TPSA) is 50.9 Å². The molecule has 1 unspecified atom stereocenters. The summed E-state index contributed by atoms with van der Waals surface area (Å²) in [5.74, 6) is 0.955. The number of hydrogen-bond acceptors (Lipinski definition) is 3. The summed E-state index contributed by atoms with van der Waals surface area (Å²) in [5, 5.41) is 3.57. The third-order valence-corrected chi connectivity index (χ3v) is 3.96. The zero-order chi connectivity index (χ0) is 12.5. The van der Waals surface area contributed by atoms with Crippen molar-refractivity contribution in [3.05, 3.63) is 17.8 Å². The molecule has 1 heterocycles. The number of rotatable bonds is 2. The minimum absolute atomic E-state index is 0.356. The van der Waals surface area contributed by atoms with Crippen molar-refractivity contribution in [3.63, 3.8) is 0 Å². The van der Waals surface area contributed by atoms with Crippen molar-refractivity contribution in [2.75, 3.05) is 11.1 Å². The van der Waals surface area contributed by atoms with Crippen LogP contribution in [0.2, 0.25) is 0 Å². The van der Waals surface area contributed by atoms with Crippen molar-refractivity contribution < 1.29 is 0 Å². The maximum absolute atomic E-state index is 5.78. The lowest BCUT2D eigenvalue weighted by atomic mass is 9.73. The van der Waals surface area contributed by atoms with Gasteiger partial charge in [0, 0.05) is 6.04 Å². The van der Waals surface area contributed by atoms with Crippen molar-refractivity contribution in [1.82, 2.24) is 4.98 Å². The van der Waals surface area contributed by atoms with Crippen LogP contribution in [0, 0.1) is 12.3 Å². The third kappa shape index (κ3) is 2.71. The van der Waals surface area contributed by atoms with Crippen molar-refractivity contribution >= 4 is 11.5 Å². The molecule has 94 valence electrons. The molecule has 0 aromatic carbocycles. The Morgan fingerprint density at radius 2 is 2.12 bits per heavy atom. The van der Waals surface area contributed by atoms with Crippen LogP contribution in [0.3, 0.4) is 0 Å². The quantitative estimate of drug-likeness (QED) is 0.823. The molecule has 0 saturated heterocycles. The number of pyridine rings is 1. The molecule has 3 nitrogen and oxygen atoms in total. The van der Waals surface area contributed by atoms with Gasteiger partial charge < -0.3 is 11.1 Å². The van der Waals surface area contributed by atoms with Gasteiger partial charge in [-0.05, 0) is 37.3 Å².